The van der Waals surface area contributed by atoms with Gasteiger partial charge in [0, 0.05) is 0 Å². The van der Waals surface area contributed by atoms with Crippen molar-refractivity contribution >= 4 is 17.4 Å². The number of carbonyl (C=O) groups excluding carboxylic acids is 1. The summed E-state index contributed by atoms with van der Waals surface area (Å²) in [7, 11) is 0. The van der Waals surface area contributed by atoms with E-state index in [0.29, 0.717) is 12.3 Å². The number of nitrogens with zero attached hydrogens (tertiary/aromatic N) is 2. The number of nitrogens with one attached hydrogen (secondary N) is 1. The number of hydrogen-bond donors (Lipinski definition) is 1. The molecule has 0 bridgehead atoms. The molecule has 6 heteroatoms. The van der Waals surface area contributed by atoms with Crippen LogP contribution in [0.25, 0.3) is 0 Å². The lowest BCUT2D eigenvalue weighted by atomic mass is 10.3. The summed E-state index contributed by atoms with van der Waals surface area (Å²) < 4.78 is 9.97. The number of ether oxygens (including phenoxy) is 2. The van der Waals surface area contributed by atoms with Crippen molar-refractivity contribution in [3.8, 4) is 11.8 Å². The van der Waals surface area contributed by atoms with Gasteiger partial charge in [0.2, 0.25) is 5.71 Å². The van der Waals surface area contributed by atoms with Crippen LogP contribution in [0.2, 0.25) is 0 Å². The van der Waals surface area contributed by atoms with Gasteiger partial charge in [-0.3, -0.25) is 5.43 Å². The van der Waals surface area contributed by atoms with Crippen LogP contribution >= 0.6 is 0 Å². The van der Waals surface area contributed by atoms with Gasteiger partial charge in [-0.2, -0.15) is 10.4 Å². The Morgan fingerprint density at radius 3 is 2.53 bits per heavy atom. The second-order valence-electron chi connectivity index (χ2n) is 3.36. The van der Waals surface area contributed by atoms with Crippen molar-refractivity contribution in [3.05, 3.63) is 24.3 Å². The highest BCUT2D eigenvalue weighted by molar-refractivity contribution is 6.43. The number of anilines is 1. The fourth-order valence-electron chi connectivity index (χ4n) is 1.23. The van der Waals surface area contributed by atoms with Gasteiger partial charge in [0.1, 0.15) is 11.8 Å². The quantitative estimate of drug-likeness (QED) is 0.480. The SMILES string of the molecule is CCOC(=O)C(C#N)=NNc1ccc(OCC)cc1. The van der Waals surface area contributed by atoms with Gasteiger partial charge in [-0.15, -0.1) is 0 Å². The largest absolute Gasteiger partial charge is 0.494 e. The minimum absolute atomic E-state index is 0.197. The van der Waals surface area contributed by atoms with Crippen LogP contribution in [0.4, 0.5) is 5.69 Å². The zero-order valence-electron chi connectivity index (χ0n) is 10.8. The van der Waals surface area contributed by atoms with Gasteiger partial charge in [0.05, 0.1) is 18.9 Å². The molecule has 0 saturated carbocycles. The number of esters is 1. The predicted molar refractivity (Wildman–Crippen MR) is 70.9 cm³/mol. The van der Waals surface area contributed by atoms with Crippen molar-refractivity contribution in [1.29, 1.82) is 5.26 Å². The summed E-state index contributed by atoms with van der Waals surface area (Å²) in [6.07, 6.45) is 0. The molecule has 0 aliphatic heterocycles. The molecule has 0 aliphatic rings. The van der Waals surface area contributed by atoms with Gasteiger partial charge < -0.3 is 9.47 Å². The van der Waals surface area contributed by atoms with E-state index in [-0.39, 0.29) is 12.3 Å². The van der Waals surface area contributed by atoms with Gasteiger partial charge in [-0.1, -0.05) is 0 Å². The molecule has 0 fully saturated rings. The van der Waals surface area contributed by atoms with Gasteiger partial charge in [-0.05, 0) is 38.1 Å². The Kier molecular flexibility index (Phi) is 5.89. The minimum Gasteiger partial charge on any atom is -0.494 e. The molecule has 0 atom stereocenters. The lowest BCUT2D eigenvalue weighted by Crippen LogP contribution is -2.17. The maximum Gasteiger partial charge on any atom is 0.369 e. The van der Waals surface area contributed by atoms with Crippen LogP contribution in [-0.2, 0) is 9.53 Å². The molecular formula is C13H15N3O3. The summed E-state index contributed by atoms with van der Waals surface area (Å²) in [6, 6.07) is 8.66. The van der Waals surface area contributed by atoms with E-state index in [4.69, 9.17) is 10.00 Å². The van der Waals surface area contributed by atoms with Crippen molar-refractivity contribution < 1.29 is 14.3 Å². The van der Waals surface area contributed by atoms with E-state index in [1.54, 1.807) is 37.3 Å². The van der Waals surface area contributed by atoms with Crippen LogP contribution in [-0.4, -0.2) is 24.9 Å². The molecule has 1 rings (SSSR count). The average molecular weight is 261 g/mol. The maximum absolute atomic E-state index is 11.3. The number of benzene rings is 1. The summed E-state index contributed by atoms with van der Waals surface area (Å²) in [4.78, 5) is 11.3. The smallest absolute Gasteiger partial charge is 0.369 e. The van der Waals surface area contributed by atoms with E-state index < -0.39 is 5.97 Å². The summed E-state index contributed by atoms with van der Waals surface area (Å²) in [5.74, 6) is -0.00799. The number of hydrazone groups is 1. The second kappa shape index (κ2) is 7.71. The molecule has 0 saturated heterocycles. The van der Waals surface area contributed by atoms with Gasteiger partial charge in [0.15, 0.2) is 0 Å². The molecular weight excluding hydrogens is 246 g/mol. The highest BCUT2D eigenvalue weighted by Crippen LogP contribution is 2.15. The number of carbonyl (C=O) groups is 1. The summed E-state index contributed by atoms with van der Waals surface area (Å²) in [6.45, 7) is 4.34. The lowest BCUT2D eigenvalue weighted by Gasteiger charge is -2.04. The third kappa shape index (κ3) is 4.68. The Bertz CT molecular complexity index is 489. The molecule has 0 radical (unpaired) electrons. The van der Waals surface area contributed by atoms with Crippen molar-refractivity contribution in [2.75, 3.05) is 18.6 Å². The monoisotopic (exact) mass is 261 g/mol. The van der Waals surface area contributed by atoms with Gasteiger partial charge >= 0.3 is 5.97 Å². The summed E-state index contributed by atoms with van der Waals surface area (Å²) in [5, 5.41) is 12.5. The van der Waals surface area contributed by atoms with Gasteiger partial charge in [-0.25, -0.2) is 4.79 Å². The fourth-order valence-corrected chi connectivity index (χ4v) is 1.23. The molecule has 0 heterocycles. The molecule has 19 heavy (non-hydrogen) atoms. The van der Waals surface area contributed by atoms with Gasteiger partial charge in [0.25, 0.3) is 0 Å². The molecule has 1 N–H and O–H groups in total. The van der Waals surface area contributed by atoms with Crippen LogP contribution in [0.1, 0.15) is 13.8 Å². The first-order valence-electron chi connectivity index (χ1n) is 5.85. The first-order valence-corrected chi connectivity index (χ1v) is 5.85. The van der Waals surface area contributed by atoms with Crippen LogP contribution in [0, 0.1) is 11.3 Å². The molecule has 0 amide bonds. The Balaban J connectivity index is 2.68. The molecule has 6 nitrogen and oxygen atoms in total. The highest BCUT2D eigenvalue weighted by atomic mass is 16.5. The zero-order chi connectivity index (χ0) is 14.1. The first-order chi connectivity index (χ1) is 9.21. The molecule has 0 aromatic heterocycles. The topological polar surface area (TPSA) is 83.7 Å². The van der Waals surface area contributed by atoms with Crippen LogP contribution in [0.5, 0.6) is 5.75 Å². The van der Waals surface area contributed by atoms with E-state index in [9.17, 15) is 4.79 Å². The second-order valence-corrected chi connectivity index (χ2v) is 3.36. The summed E-state index contributed by atoms with van der Waals surface area (Å²) in [5.41, 5.74) is 2.93. The third-order valence-electron chi connectivity index (χ3n) is 2.04. The zero-order valence-corrected chi connectivity index (χ0v) is 10.8. The van der Waals surface area contributed by atoms with Crippen molar-refractivity contribution in [2.45, 2.75) is 13.8 Å². The van der Waals surface area contributed by atoms with E-state index in [0.717, 1.165) is 5.75 Å². The highest BCUT2D eigenvalue weighted by Gasteiger charge is 2.11. The first kappa shape index (κ1) is 14.5. The Morgan fingerprint density at radius 1 is 1.32 bits per heavy atom. The Morgan fingerprint density at radius 2 is 2.00 bits per heavy atom. The number of nitriles is 1. The van der Waals surface area contributed by atoms with E-state index in [1.165, 1.54) is 0 Å². The predicted octanol–water partition coefficient (Wildman–Crippen LogP) is 1.94. The molecule has 1 aromatic rings. The van der Waals surface area contributed by atoms with Crippen molar-refractivity contribution in [2.24, 2.45) is 5.10 Å². The van der Waals surface area contributed by atoms with E-state index >= 15 is 0 Å². The Labute approximate surface area is 111 Å². The molecule has 0 unspecified atom stereocenters. The van der Waals surface area contributed by atoms with Crippen LogP contribution in [0.15, 0.2) is 29.4 Å². The van der Waals surface area contributed by atoms with E-state index in [2.05, 4.69) is 15.3 Å². The number of hydrogen-bond acceptors (Lipinski definition) is 6. The van der Waals surface area contributed by atoms with Crippen molar-refractivity contribution in [3.63, 3.8) is 0 Å². The Hall–Kier alpha value is -2.55. The fraction of sp³-hybridized carbons (Fsp3) is 0.308. The average Bonchev–Trinajstić information content (AvgIpc) is 2.42. The number of rotatable bonds is 6. The molecule has 100 valence electrons. The summed E-state index contributed by atoms with van der Waals surface area (Å²) >= 11 is 0. The normalized spacial score (nSPS) is 10.5. The molecule has 1 aromatic carbocycles. The van der Waals surface area contributed by atoms with E-state index in [1.807, 2.05) is 6.92 Å². The third-order valence-corrected chi connectivity index (χ3v) is 2.04. The maximum atomic E-state index is 11.3. The lowest BCUT2D eigenvalue weighted by molar-refractivity contribution is -0.134. The van der Waals surface area contributed by atoms with Crippen LogP contribution in [0.3, 0.4) is 0 Å². The van der Waals surface area contributed by atoms with Crippen molar-refractivity contribution in [1.82, 2.24) is 0 Å². The minimum atomic E-state index is -0.747. The van der Waals surface area contributed by atoms with Crippen LogP contribution < -0.4 is 10.2 Å². The molecule has 0 aliphatic carbocycles. The molecule has 0 spiro atoms. The standard InChI is InChI=1S/C13H15N3O3/c1-3-18-11-7-5-10(6-8-11)15-16-12(9-14)13(17)19-4-2/h5-8,15H,3-4H2,1-2H3.